The second-order valence-corrected chi connectivity index (χ2v) is 10.5. The van der Waals surface area contributed by atoms with Crippen molar-refractivity contribution in [2.24, 2.45) is 0 Å². The van der Waals surface area contributed by atoms with Gasteiger partial charge in [0.15, 0.2) is 11.5 Å². The first-order valence-electron chi connectivity index (χ1n) is 12.7. The Kier molecular flexibility index (Phi) is 5.40. The van der Waals surface area contributed by atoms with Gasteiger partial charge in [0.2, 0.25) is 0 Å². The van der Waals surface area contributed by atoms with Gasteiger partial charge in [-0.3, -0.25) is 9.69 Å². The number of aliphatic hydroxyl groups is 1. The Hall–Kier alpha value is -3.27. The molecular weight excluding hydrogens is 452 g/mol. The lowest BCUT2D eigenvalue weighted by Crippen LogP contribution is -2.78. The minimum Gasteiger partial charge on any atom is -0.493 e. The third-order valence-corrected chi connectivity index (χ3v) is 9.02. The second kappa shape index (κ2) is 8.40. The molecule has 1 N–H and O–H groups in total. The van der Waals surface area contributed by atoms with Crippen LogP contribution in [0.25, 0.3) is 0 Å². The van der Waals surface area contributed by atoms with Crippen molar-refractivity contribution in [3.05, 3.63) is 71.8 Å². The van der Waals surface area contributed by atoms with E-state index in [0.29, 0.717) is 18.6 Å². The largest absolute Gasteiger partial charge is 0.493 e. The van der Waals surface area contributed by atoms with Crippen LogP contribution in [0.5, 0.6) is 11.5 Å². The number of piperidine rings is 1. The number of nitrogens with zero attached hydrogens (tertiary/aromatic N) is 2. The molecule has 2 aliphatic heterocycles. The Balaban J connectivity index is 1.42. The van der Waals surface area contributed by atoms with Crippen LogP contribution in [-0.4, -0.2) is 71.8 Å². The Bertz CT molecular complexity index is 1280. The van der Waals surface area contributed by atoms with E-state index >= 15 is 0 Å². The molecule has 2 aliphatic carbocycles. The highest BCUT2D eigenvalue weighted by Gasteiger charge is 2.73. The molecule has 1 amide bonds. The van der Waals surface area contributed by atoms with Crippen LogP contribution in [0.3, 0.4) is 0 Å². The molecule has 186 valence electrons. The molecule has 0 radical (unpaired) electrons. The van der Waals surface area contributed by atoms with Crippen molar-refractivity contribution >= 4 is 5.91 Å². The number of methoxy groups -OCH3 is 1. The molecule has 1 spiro atoms. The number of hydrogen-bond donors (Lipinski definition) is 1. The maximum absolute atomic E-state index is 13.2. The molecule has 0 aromatic heterocycles. The average molecular weight is 485 g/mol. The lowest BCUT2D eigenvalue weighted by atomic mass is 9.48. The summed E-state index contributed by atoms with van der Waals surface area (Å²) in [5.41, 5.74) is 1.54. The average Bonchev–Trinajstić information content (AvgIpc) is 3.24. The van der Waals surface area contributed by atoms with E-state index in [9.17, 15) is 9.90 Å². The van der Waals surface area contributed by atoms with Crippen LogP contribution in [-0.2, 0) is 16.6 Å². The van der Waals surface area contributed by atoms with Gasteiger partial charge in [0.1, 0.15) is 6.10 Å². The second-order valence-electron chi connectivity index (χ2n) is 10.5. The van der Waals surface area contributed by atoms with Crippen molar-refractivity contribution in [1.29, 1.82) is 0 Å². The Morgan fingerprint density at radius 2 is 2.11 bits per heavy atom. The van der Waals surface area contributed by atoms with Crippen LogP contribution in [0.2, 0.25) is 0 Å². The van der Waals surface area contributed by atoms with E-state index in [0.717, 1.165) is 42.8 Å². The molecule has 1 saturated carbocycles. The Labute approximate surface area is 212 Å². The zero-order valence-electron chi connectivity index (χ0n) is 20.9. The zero-order chi connectivity index (χ0) is 25.1. The van der Waals surface area contributed by atoms with E-state index in [-0.39, 0.29) is 24.1 Å². The van der Waals surface area contributed by atoms with Crippen LogP contribution in [0.1, 0.15) is 36.0 Å². The fraction of sp³-hybridized carbons (Fsp3) is 0.433. The van der Waals surface area contributed by atoms with Gasteiger partial charge in [0.25, 0.3) is 5.91 Å². The van der Waals surface area contributed by atoms with Gasteiger partial charge in [-0.05, 0) is 56.0 Å². The van der Waals surface area contributed by atoms with Crippen molar-refractivity contribution in [3.63, 3.8) is 0 Å². The number of hydrogen-bond acceptors (Lipinski definition) is 5. The first-order valence-corrected chi connectivity index (χ1v) is 12.7. The highest BCUT2D eigenvalue weighted by atomic mass is 16.5. The third kappa shape index (κ3) is 3.03. The summed E-state index contributed by atoms with van der Waals surface area (Å²) in [4.78, 5) is 17.3. The normalized spacial score (nSPS) is 31.4. The van der Waals surface area contributed by atoms with Gasteiger partial charge in [-0.2, -0.15) is 0 Å². The fourth-order valence-electron chi connectivity index (χ4n) is 7.42. The summed E-state index contributed by atoms with van der Waals surface area (Å²) in [6.45, 7) is 5.53. The van der Waals surface area contributed by atoms with E-state index in [4.69, 9.17) is 9.47 Å². The monoisotopic (exact) mass is 484 g/mol. The van der Waals surface area contributed by atoms with Gasteiger partial charge in [-0.1, -0.05) is 36.3 Å². The molecule has 4 aliphatic rings. The molecular formula is C30H32N2O4. The number of rotatable bonds is 4. The molecule has 6 nitrogen and oxygen atoms in total. The molecule has 36 heavy (non-hydrogen) atoms. The highest BCUT2D eigenvalue weighted by molar-refractivity contribution is 5.94. The van der Waals surface area contributed by atoms with Gasteiger partial charge in [0.05, 0.1) is 24.2 Å². The molecule has 6 rings (SSSR count). The minimum atomic E-state index is -0.959. The quantitative estimate of drug-likeness (QED) is 0.534. The molecule has 1 saturated heterocycles. The number of ether oxygens (including phenoxy) is 2. The maximum atomic E-state index is 13.2. The van der Waals surface area contributed by atoms with Gasteiger partial charge in [-0.15, -0.1) is 6.58 Å². The van der Waals surface area contributed by atoms with E-state index < -0.39 is 11.0 Å². The summed E-state index contributed by atoms with van der Waals surface area (Å²) in [6, 6.07) is 13.4. The van der Waals surface area contributed by atoms with E-state index in [1.165, 1.54) is 5.56 Å². The Morgan fingerprint density at radius 3 is 2.86 bits per heavy atom. The van der Waals surface area contributed by atoms with E-state index in [1.807, 2.05) is 49.5 Å². The predicted octanol–water partition coefficient (Wildman–Crippen LogP) is 2.91. The maximum Gasteiger partial charge on any atom is 0.298 e. The number of carbonyl (C=O) groups excluding carboxylic acids is 1. The first-order chi connectivity index (χ1) is 17.4. The molecule has 0 unspecified atom stereocenters. The van der Waals surface area contributed by atoms with Gasteiger partial charge >= 0.3 is 0 Å². The summed E-state index contributed by atoms with van der Waals surface area (Å²) < 4.78 is 12.4. The van der Waals surface area contributed by atoms with Crippen LogP contribution in [0, 0.1) is 11.8 Å². The molecule has 2 aromatic carbocycles. The van der Waals surface area contributed by atoms with Crippen LogP contribution in [0.4, 0.5) is 0 Å². The number of likely N-dealkylation sites (N-methyl/N-ethyl adjacent to an activating group) is 1. The standard InChI is InChI=1S/C30H32N2O4/c1-4-17-32-18-16-29-26-21-11-12-23(35-3)27(26)36-28(29)22(14-15-30(29,34)24(32)19-21)31(2)25(33)13-10-20-8-6-5-7-9-20/h4-9,11-12,22,24,28,34H,1,14-19H2,2-3H3/t22-,24+,28-,29-,30+/m0/s1. The first kappa shape index (κ1) is 23.1. The molecule has 2 fully saturated rings. The zero-order valence-corrected chi connectivity index (χ0v) is 20.9. The molecule has 6 heteroatoms. The highest BCUT2D eigenvalue weighted by Crippen LogP contribution is 2.65. The number of amides is 1. The number of benzene rings is 2. The molecule has 2 heterocycles. The SMILES string of the molecule is C=CCN1CC[C@]23c4c5ccc(OC)c4O[C@H]2[C@@H](N(C)C(=O)C#Cc2ccccc2)CC[C@@]3(O)[C@H]1C5. The van der Waals surface area contributed by atoms with Crippen LogP contribution < -0.4 is 9.47 Å². The lowest BCUT2D eigenvalue weighted by molar-refractivity contribution is -0.197. The Morgan fingerprint density at radius 1 is 1.31 bits per heavy atom. The van der Waals surface area contributed by atoms with Gasteiger partial charge < -0.3 is 19.5 Å². The summed E-state index contributed by atoms with van der Waals surface area (Å²) in [5, 5.41) is 12.5. The van der Waals surface area contributed by atoms with Gasteiger partial charge in [-0.25, -0.2) is 0 Å². The topological polar surface area (TPSA) is 62.2 Å². The van der Waals surface area contributed by atoms with Crippen molar-refractivity contribution in [1.82, 2.24) is 9.80 Å². The third-order valence-electron chi connectivity index (χ3n) is 9.02. The summed E-state index contributed by atoms with van der Waals surface area (Å²) in [6.07, 6.45) is 4.29. The number of likely N-dealkylation sites (tertiary alicyclic amines) is 1. The number of carbonyl (C=O) groups is 1. The predicted molar refractivity (Wildman–Crippen MR) is 137 cm³/mol. The van der Waals surface area contributed by atoms with Crippen LogP contribution >= 0.6 is 0 Å². The summed E-state index contributed by atoms with van der Waals surface area (Å²) in [7, 11) is 3.46. The van der Waals surface area contributed by atoms with Crippen molar-refractivity contribution in [3.8, 4) is 23.3 Å². The van der Waals surface area contributed by atoms with E-state index in [2.05, 4.69) is 29.4 Å². The lowest BCUT2D eigenvalue weighted by Gasteiger charge is -2.64. The van der Waals surface area contributed by atoms with Crippen molar-refractivity contribution < 1.29 is 19.4 Å². The summed E-state index contributed by atoms with van der Waals surface area (Å²) in [5.74, 6) is 6.98. The fourth-order valence-corrected chi connectivity index (χ4v) is 7.42. The van der Waals surface area contributed by atoms with E-state index in [1.54, 1.807) is 12.0 Å². The van der Waals surface area contributed by atoms with Gasteiger partial charge in [0, 0.05) is 36.7 Å². The minimum absolute atomic E-state index is 0.0259. The van der Waals surface area contributed by atoms with Crippen molar-refractivity contribution in [2.75, 3.05) is 27.2 Å². The smallest absolute Gasteiger partial charge is 0.298 e. The molecule has 2 bridgehead atoms. The van der Waals surface area contributed by atoms with Crippen LogP contribution in [0.15, 0.2) is 55.1 Å². The molecule has 2 aromatic rings. The molecule has 5 atom stereocenters. The van der Waals surface area contributed by atoms with Crippen molar-refractivity contribution in [2.45, 2.75) is 54.9 Å². The summed E-state index contributed by atoms with van der Waals surface area (Å²) >= 11 is 0.